The molecule has 5 nitrogen and oxygen atoms in total. The Morgan fingerprint density at radius 2 is 1.43 bits per heavy atom. The fourth-order valence-electron chi connectivity index (χ4n) is 3.08. The molecule has 6 heteroatoms. The molecule has 0 fully saturated rings. The van der Waals surface area contributed by atoms with Crippen LogP contribution < -0.4 is 4.74 Å². The van der Waals surface area contributed by atoms with E-state index in [1.165, 1.54) is 32.1 Å². The minimum absolute atomic E-state index is 0.00553. The second-order valence-electron chi connectivity index (χ2n) is 6.94. The predicted molar refractivity (Wildman–Crippen MR) is 114 cm³/mol. The maximum atomic E-state index is 11.9. The second-order valence-corrected chi connectivity index (χ2v) is 8.39. The zero-order valence-electron chi connectivity index (χ0n) is 16.8. The number of hydrogen-bond donors (Lipinski definition) is 1. The van der Waals surface area contributed by atoms with Gasteiger partial charge in [-0.25, -0.2) is 4.57 Å². The van der Waals surface area contributed by atoms with Crippen molar-refractivity contribution in [2.24, 2.45) is 0 Å². The van der Waals surface area contributed by atoms with Crippen LogP contribution in [0.1, 0.15) is 58.3 Å². The molecule has 1 unspecified atom stereocenters. The Morgan fingerprint density at radius 1 is 0.786 bits per heavy atom. The van der Waals surface area contributed by atoms with Crippen LogP contribution >= 0.6 is 7.82 Å². The van der Waals surface area contributed by atoms with Crippen LogP contribution in [0.5, 0.6) is 5.75 Å². The molecule has 2 aromatic rings. The largest absolute Gasteiger partial charge is 0.491 e. The molecular formula is C22H33O5P. The number of fused-ring (bicyclic) bond motifs is 1. The van der Waals surface area contributed by atoms with Crippen molar-refractivity contribution < 1.29 is 23.2 Å². The van der Waals surface area contributed by atoms with Gasteiger partial charge < -0.3 is 9.63 Å². The first kappa shape index (κ1) is 22.9. The summed E-state index contributed by atoms with van der Waals surface area (Å²) in [7, 11) is -4.01. The SMILES string of the molecule is CCCCCCCCCCOP(=O)(O)OCCOc1cccc2ccccc12. The normalized spacial score (nSPS) is 13.5. The van der Waals surface area contributed by atoms with Crippen molar-refractivity contribution in [1.82, 2.24) is 0 Å². The van der Waals surface area contributed by atoms with Crippen molar-refractivity contribution in [1.29, 1.82) is 0 Å². The van der Waals surface area contributed by atoms with E-state index in [0.717, 1.165) is 35.8 Å². The first-order chi connectivity index (χ1) is 13.6. The smallest absolute Gasteiger partial charge is 0.472 e. The van der Waals surface area contributed by atoms with Crippen LogP contribution in [-0.2, 0) is 13.6 Å². The van der Waals surface area contributed by atoms with Crippen LogP contribution in [0.25, 0.3) is 10.8 Å². The second kappa shape index (κ2) is 12.9. The van der Waals surface area contributed by atoms with Crippen molar-refractivity contribution in [3.05, 3.63) is 42.5 Å². The third kappa shape index (κ3) is 8.74. The Kier molecular flexibility index (Phi) is 10.6. The van der Waals surface area contributed by atoms with Gasteiger partial charge in [-0.1, -0.05) is 88.3 Å². The van der Waals surface area contributed by atoms with Crippen LogP contribution in [0.4, 0.5) is 0 Å². The lowest BCUT2D eigenvalue weighted by Gasteiger charge is -2.13. The minimum Gasteiger partial charge on any atom is -0.491 e. The molecule has 0 aliphatic carbocycles. The highest BCUT2D eigenvalue weighted by Crippen LogP contribution is 2.43. The van der Waals surface area contributed by atoms with Gasteiger partial charge in [0, 0.05) is 5.39 Å². The molecule has 0 saturated heterocycles. The van der Waals surface area contributed by atoms with Crippen molar-refractivity contribution in [3.63, 3.8) is 0 Å². The molecule has 156 valence electrons. The van der Waals surface area contributed by atoms with E-state index in [9.17, 15) is 9.46 Å². The Labute approximate surface area is 168 Å². The van der Waals surface area contributed by atoms with Crippen LogP contribution in [0.3, 0.4) is 0 Å². The topological polar surface area (TPSA) is 65.0 Å². The quantitative estimate of drug-likeness (QED) is 0.269. The molecule has 2 aromatic carbocycles. The Bertz CT molecular complexity index is 728. The average molecular weight is 408 g/mol. The van der Waals surface area contributed by atoms with E-state index in [2.05, 4.69) is 6.92 Å². The van der Waals surface area contributed by atoms with Crippen LogP contribution in [-0.4, -0.2) is 24.7 Å². The summed E-state index contributed by atoms with van der Waals surface area (Å²) in [5.74, 6) is 0.731. The molecule has 0 radical (unpaired) electrons. The van der Waals surface area contributed by atoms with Gasteiger partial charge in [-0.3, -0.25) is 9.05 Å². The van der Waals surface area contributed by atoms with E-state index in [1.807, 2.05) is 42.5 Å². The first-order valence-electron chi connectivity index (χ1n) is 10.3. The molecule has 1 N–H and O–H groups in total. The standard InChI is InChI=1S/C22H33O5P/c1-2-3-4-5-6-7-8-11-17-26-28(23,24)27-19-18-25-22-16-12-14-20-13-9-10-15-21(20)22/h9-10,12-16H,2-8,11,17-19H2,1H3,(H,23,24). The lowest BCUT2D eigenvalue weighted by molar-refractivity contribution is 0.128. The van der Waals surface area contributed by atoms with Gasteiger partial charge in [-0.05, 0) is 17.9 Å². The van der Waals surface area contributed by atoms with Gasteiger partial charge in [-0.15, -0.1) is 0 Å². The van der Waals surface area contributed by atoms with E-state index < -0.39 is 7.82 Å². The molecule has 28 heavy (non-hydrogen) atoms. The fourth-order valence-corrected chi connectivity index (χ4v) is 3.82. The number of phosphoric acid groups is 1. The average Bonchev–Trinajstić information content (AvgIpc) is 2.70. The van der Waals surface area contributed by atoms with Crippen molar-refractivity contribution in [3.8, 4) is 5.75 Å². The predicted octanol–water partition coefficient (Wildman–Crippen LogP) is 6.49. The van der Waals surface area contributed by atoms with Gasteiger partial charge in [0.2, 0.25) is 0 Å². The van der Waals surface area contributed by atoms with Crippen molar-refractivity contribution >= 4 is 18.6 Å². The first-order valence-corrected chi connectivity index (χ1v) is 11.8. The Hall–Kier alpha value is -1.39. The summed E-state index contributed by atoms with van der Waals surface area (Å²) in [6.45, 7) is 2.63. The lowest BCUT2D eigenvalue weighted by atomic mass is 10.1. The number of phosphoric ester groups is 1. The maximum Gasteiger partial charge on any atom is 0.472 e. The zero-order valence-corrected chi connectivity index (χ0v) is 17.7. The summed E-state index contributed by atoms with van der Waals surface area (Å²) in [5.41, 5.74) is 0. The van der Waals surface area contributed by atoms with Crippen LogP contribution in [0, 0.1) is 0 Å². The summed E-state index contributed by atoms with van der Waals surface area (Å²) in [5, 5.41) is 2.09. The summed E-state index contributed by atoms with van der Waals surface area (Å²) >= 11 is 0. The van der Waals surface area contributed by atoms with Gasteiger partial charge in [-0.2, -0.15) is 0 Å². The molecule has 0 heterocycles. The molecule has 0 aliphatic heterocycles. The molecule has 0 amide bonds. The molecular weight excluding hydrogens is 375 g/mol. The van der Waals surface area contributed by atoms with Gasteiger partial charge in [0.1, 0.15) is 12.4 Å². The van der Waals surface area contributed by atoms with Crippen LogP contribution in [0.15, 0.2) is 42.5 Å². The highest BCUT2D eigenvalue weighted by molar-refractivity contribution is 7.47. The third-order valence-electron chi connectivity index (χ3n) is 4.60. The molecule has 0 saturated carbocycles. The fraction of sp³-hybridized carbons (Fsp3) is 0.545. The number of benzene rings is 2. The number of rotatable bonds is 15. The van der Waals surface area contributed by atoms with E-state index in [0.29, 0.717) is 0 Å². The van der Waals surface area contributed by atoms with Gasteiger partial charge >= 0.3 is 7.82 Å². The molecule has 0 aromatic heterocycles. The van der Waals surface area contributed by atoms with Crippen LogP contribution in [0.2, 0.25) is 0 Å². The summed E-state index contributed by atoms with van der Waals surface area (Å²) in [4.78, 5) is 9.74. The highest BCUT2D eigenvalue weighted by atomic mass is 31.2. The number of unbranched alkanes of at least 4 members (excludes halogenated alkanes) is 7. The Balaban J connectivity index is 1.57. The highest BCUT2D eigenvalue weighted by Gasteiger charge is 2.20. The van der Waals surface area contributed by atoms with Crippen molar-refractivity contribution in [2.75, 3.05) is 19.8 Å². The summed E-state index contributed by atoms with van der Waals surface area (Å²) in [6, 6.07) is 13.7. The molecule has 0 bridgehead atoms. The van der Waals surface area contributed by atoms with Gasteiger partial charge in [0.25, 0.3) is 0 Å². The van der Waals surface area contributed by atoms with E-state index >= 15 is 0 Å². The van der Waals surface area contributed by atoms with E-state index in [1.54, 1.807) is 0 Å². The minimum atomic E-state index is -4.01. The van der Waals surface area contributed by atoms with Gasteiger partial charge in [0.15, 0.2) is 0 Å². The Morgan fingerprint density at radius 3 is 2.21 bits per heavy atom. The summed E-state index contributed by atoms with van der Waals surface area (Å²) < 4.78 is 27.6. The van der Waals surface area contributed by atoms with Crippen molar-refractivity contribution in [2.45, 2.75) is 58.3 Å². The molecule has 1 atom stereocenters. The number of ether oxygens (including phenoxy) is 1. The van der Waals surface area contributed by atoms with E-state index in [-0.39, 0.29) is 19.8 Å². The molecule has 0 aliphatic rings. The lowest BCUT2D eigenvalue weighted by Crippen LogP contribution is -2.07. The summed E-state index contributed by atoms with van der Waals surface area (Å²) in [6.07, 6.45) is 9.28. The molecule has 2 rings (SSSR count). The monoisotopic (exact) mass is 408 g/mol. The molecule has 0 spiro atoms. The van der Waals surface area contributed by atoms with Gasteiger partial charge in [0.05, 0.1) is 13.2 Å². The van der Waals surface area contributed by atoms with E-state index in [4.69, 9.17) is 13.8 Å². The maximum absolute atomic E-state index is 11.9. The number of hydrogen-bond acceptors (Lipinski definition) is 4. The third-order valence-corrected chi connectivity index (χ3v) is 5.62. The zero-order chi connectivity index (χ0) is 20.1.